The fourth-order valence-corrected chi connectivity index (χ4v) is 2.16. The third-order valence-corrected chi connectivity index (χ3v) is 3.37. The molecule has 0 aliphatic rings. The fourth-order valence-electron chi connectivity index (χ4n) is 1.58. The summed E-state index contributed by atoms with van der Waals surface area (Å²) in [6.45, 7) is 2.52. The van der Waals surface area contributed by atoms with E-state index in [4.69, 9.17) is 0 Å². The number of carbonyl (C=O) groups excluding carboxylic acids is 1. The fraction of sp³-hybridized carbons (Fsp3) is 0.214. The van der Waals surface area contributed by atoms with Crippen LogP contribution in [0.5, 0.6) is 0 Å². The Morgan fingerprint density at radius 1 is 1.42 bits per heavy atom. The minimum Gasteiger partial charge on any atom is -0.338 e. The lowest BCUT2D eigenvalue weighted by Crippen LogP contribution is -2.24. The highest BCUT2D eigenvalue weighted by atomic mass is 32.1. The van der Waals surface area contributed by atoms with Crippen LogP contribution in [0.4, 0.5) is 0 Å². The largest absolute Gasteiger partial charge is 0.338 e. The number of pyridine rings is 1. The zero-order chi connectivity index (χ0) is 13.7. The van der Waals surface area contributed by atoms with Gasteiger partial charge in [-0.3, -0.25) is 9.78 Å². The lowest BCUT2D eigenvalue weighted by molar-refractivity contribution is -0.125. The minimum absolute atomic E-state index is 0.0394. The first-order chi connectivity index (χ1) is 9.15. The predicted octanol–water partition coefficient (Wildman–Crippen LogP) is 2.52. The molecule has 0 unspecified atom stereocenters. The van der Waals surface area contributed by atoms with Crippen LogP contribution in [0.2, 0.25) is 0 Å². The molecule has 1 amide bonds. The second kappa shape index (κ2) is 6.24. The second-order valence-corrected chi connectivity index (χ2v) is 5.24. The van der Waals surface area contributed by atoms with E-state index in [1.807, 2.05) is 24.4 Å². The number of hydrogen-bond donors (Lipinski definition) is 0. The van der Waals surface area contributed by atoms with Crippen molar-refractivity contribution in [2.75, 3.05) is 7.05 Å². The number of hydrogen-bond acceptors (Lipinski definition) is 4. The summed E-state index contributed by atoms with van der Waals surface area (Å²) >= 11 is 1.57. The van der Waals surface area contributed by atoms with Crippen LogP contribution >= 0.6 is 11.3 Å². The second-order valence-electron chi connectivity index (χ2n) is 4.17. The first-order valence-corrected chi connectivity index (χ1v) is 6.77. The van der Waals surface area contributed by atoms with Gasteiger partial charge in [-0.1, -0.05) is 0 Å². The summed E-state index contributed by atoms with van der Waals surface area (Å²) in [5.41, 5.74) is 1.89. The van der Waals surface area contributed by atoms with Crippen molar-refractivity contribution >= 4 is 23.3 Å². The van der Waals surface area contributed by atoms with E-state index in [2.05, 4.69) is 9.97 Å². The summed E-state index contributed by atoms with van der Waals surface area (Å²) in [6, 6.07) is 3.80. The van der Waals surface area contributed by atoms with Crippen LogP contribution in [0.15, 0.2) is 36.0 Å². The van der Waals surface area contributed by atoms with Crippen LogP contribution < -0.4 is 0 Å². The average molecular weight is 273 g/mol. The average Bonchev–Trinajstić information content (AvgIpc) is 2.83. The van der Waals surface area contributed by atoms with Gasteiger partial charge in [0.05, 0.1) is 10.7 Å². The number of carbonyl (C=O) groups is 1. The Morgan fingerprint density at radius 2 is 2.16 bits per heavy atom. The maximum absolute atomic E-state index is 11.9. The van der Waals surface area contributed by atoms with Crippen molar-refractivity contribution in [1.82, 2.24) is 14.9 Å². The van der Waals surface area contributed by atoms with Crippen molar-refractivity contribution in [2.24, 2.45) is 0 Å². The van der Waals surface area contributed by atoms with Crippen LogP contribution in [0.3, 0.4) is 0 Å². The summed E-state index contributed by atoms with van der Waals surface area (Å²) in [5.74, 6) is -0.0394. The van der Waals surface area contributed by atoms with E-state index in [-0.39, 0.29) is 5.91 Å². The van der Waals surface area contributed by atoms with Gasteiger partial charge in [-0.15, -0.1) is 11.3 Å². The number of thiazole rings is 1. The molecular formula is C14H15N3OS. The van der Waals surface area contributed by atoms with Gasteiger partial charge < -0.3 is 4.90 Å². The quantitative estimate of drug-likeness (QED) is 0.804. The Kier molecular flexibility index (Phi) is 4.41. The van der Waals surface area contributed by atoms with Gasteiger partial charge in [-0.2, -0.15) is 0 Å². The molecule has 2 heterocycles. The number of aromatic nitrogens is 2. The summed E-state index contributed by atoms with van der Waals surface area (Å²) in [4.78, 5) is 21.8. The lowest BCUT2D eigenvalue weighted by atomic mass is 10.2. The molecule has 0 saturated heterocycles. The monoisotopic (exact) mass is 273 g/mol. The number of likely N-dealkylation sites (N-methyl/N-ethyl adjacent to an activating group) is 1. The first-order valence-electron chi connectivity index (χ1n) is 5.89. The van der Waals surface area contributed by atoms with Crippen LogP contribution in [-0.2, 0) is 11.3 Å². The van der Waals surface area contributed by atoms with Crippen LogP contribution in [0.1, 0.15) is 16.3 Å². The van der Waals surface area contributed by atoms with Crippen molar-refractivity contribution in [1.29, 1.82) is 0 Å². The molecule has 2 aromatic rings. The topological polar surface area (TPSA) is 46.1 Å². The van der Waals surface area contributed by atoms with Gasteiger partial charge in [-0.25, -0.2) is 4.98 Å². The number of amides is 1. The Balaban J connectivity index is 1.94. The van der Waals surface area contributed by atoms with E-state index in [0.717, 1.165) is 16.3 Å². The van der Waals surface area contributed by atoms with Gasteiger partial charge in [0.1, 0.15) is 0 Å². The SMILES string of the molecule is Cc1nc(/C=C/C(=O)N(C)Cc2ccncc2)cs1. The number of aryl methyl sites for hydroxylation is 1. The zero-order valence-corrected chi connectivity index (χ0v) is 11.7. The Morgan fingerprint density at radius 3 is 2.79 bits per heavy atom. The molecule has 4 nitrogen and oxygen atoms in total. The molecule has 0 aliphatic heterocycles. The van der Waals surface area contributed by atoms with Crippen molar-refractivity contribution in [3.8, 4) is 0 Å². The van der Waals surface area contributed by atoms with Crippen LogP contribution in [0, 0.1) is 6.92 Å². The molecule has 0 atom stereocenters. The van der Waals surface area contributed by atoms with E-state index >= 15 is 0 Å². The Bertz CT molecular complexity index is 577. The molecule has 2 aromatic heterocycles. The van der Waals surface area contributed by atoms with Gasteiger partial charge >= 0.3 is 0 Å². The van der Waals surface area contributed by atoms with Gasteiger partial charge in [0.15, 0.2) is 0 Å². The van der Waals surface area contributed by atoms with E-state index in [1.165, 1.54) is 0 Å². The highest BCUT2D eigenvalue weighted by Gasteiger charge is 2.05. The van der Waals surface area contributed by atoms with E-state index < -0.39 is 0 Å². The van der Waals surface area contributed by atoms with E-state index in [0.29, 0.717) is 6.54 Å². The highest BCUT2D eigenvalue weighted by molar-refractivity contribution is 7.09. The molecule has 2 rings (SSSR count). The third kappa shape index (κ3) is 3.99. The molecule has 0 fully saturated rings. The van der Waals surface area contributed by atoms with Gasteiger partial charge in [0.25, 0.3) is 0 Å². The molecule has 98 valence electrons. The summed E-state index contributed by atoms with van der Waals surface area (Å²) in [7, 11) is 1.78. The maximum Gasteiger partial charge on any atom is 0.246 e. The Hall–Kier alpha value is -2.01. The summed E-state index contributed by atoms with van der Waals surface area (Å²) < 4.78 is 0. The van der Waals surface area contributed by atoms with E-state index in [9.17, 15) is 4.79 Å². The summed E-state index contributed by atoms with van der Waals surface area (Å²) in [5, 5.41) is 2.93. The smallest absolute Gasteiger partial charge is 0.246 e. The van der Waals surface area contributed by atoms with Crippen molar-refractivity contribution < 1.29 is 4.79 Å². The van der Waals surface area contributed by atoms with Crippen LogP contribution in [-0.4, -0.2) is 27.8 Å². The Labute approximate surface area is 116 Å². The van der Waals surface area contributed by atoms with Crippen molar-refractivity contribution in [3.05, 3.63) is 52.2 Å². The molecule has 0 N–H and O–H groups in total. The maximum atomic E-state index is 11.9. The number of nitrogens with zero attached hydrogens (tertiary/aromatic N) is 3. The third-order valence-electron chi connectivity index (χ3n) is 2.58. The molecule has 0 spiro atoms. The molecule has 0 radical (unpaired) electrons. The number of rotatable bonds is 4. The minimum atomic E-state index is -0.0394. The highest BCUT2D eigenvalue weighted by Crippen LogP contribution is 2.09. The van der Waals surface area contributed by atoms with Gasteiger partial charge in [-0.05, 0) is 30.7 Å². The van der Waals surface area contributed by atoms with Crippen molar-refractivity contribution in [2.45, 2.75) is 13.5 Å². The lowest BCUT2D eigenvalue weighted by Gasteiger charge is -2.14. The molecule has 0 bridgehead atoms. The normalized spacial score (nSPS) is 10.8. The van der Waals surface area contributed by atoms with Crippen LogP contribution in [0.25, 0.3) is 6.08 Å². The van der Waals surface area contributed by atoms with Gasteiger partial charge in [0.2, 0.25) is 5.91 Å². The molecule has 19 heavy (non-hydrogen) atoms. The zero-order valence-electron chi connectivity index (χ0n) is 10.9. The standard InChI is InChI=1S/C14H15N3OS/c1-11-16-13(10-19-11)3-4-14(18)17(2)9-12-5-7-15-8-6-12/h3-8,10H,9H2,1-2H3/b4-3+. The van der Waals surface area contributed by atoms with E-state index in [1.54, 1.807) is 47.8 Å². The van der Waals surface area contributed by atoms with Crippen molar-refractivity contribution in [3.63, 3.8) is 0 Å². The molecule has 5 heteroatoms. The summed E-state index contributed by atoms with van der Waals surface area (Å²) in [6.07, 6.45) is 6.74. The van der Waals surface area contributed by atoms with Gasteiger partial charge in [0, 0.05) is 37.4 Å². The molecule has 0 saturated carbocycles. The first kappa shape index (κ1) is 13.4. The molecule has 0 aliphatic carbocycles. The molecule has 0 aromatic carbocycles. The molecular weight excluding hydrogens is 258 g/mol. The predicted molar refractivity (Wildman–Crippen MR) is 76.6 cm³/mol.